The van der Waals surface area contributed by atoms with Crippen LogP contribution in [-0.2, 0) is 0 Å². The van der Waals surface area contributed by atoms with Crippen molar-refractivity contribution in [3.8, 4) is 11.4 Å². The number of hydrogen-bond acceptors (Lipinski definition) is 6. The zero-order chi connectivity index (χ0) is 20.1. The highest BCUT2D eigenvalue weighted by Crippen LogP contribution is 2.21. The Morgan fingerprint density at radius 3 is 2.86 bits per heavy atom. The highest BCUT2D eigenvalue weighted by molar-refractivity contribution is 5.61. The molecular formula is C20H20FN7O. The maximum Gasteiger partial charge on any atom is 0.355 e. The second-order valence-corrected chi connectivity index (χ2v) is 7.44. The molecule has 8 nitrogen and oxygen atoms in total. The minimum Gasteiger partial charge on any atom is -0.368 e. The van der Waals surface area contributed by atoms with Crippen molar-refractivity contribution in [3.63, 3.8) is 0 Å². The number of nitrogens with zero attached hydrogens (tertiary/aromatic N) is 6. The standard InChI is InChI=1S/C20H20FN7O/c1-12-8-26(6-5-22-12)15-3-4-17-24-18(25-20(29)28(17)11-15)14-7-16(21)19-23-13(2)9-27(19)10-14/h3-4,7,9-12,22H,5-6,8H2,1-2H3/t12-/m1/s1. The lowest BCUT2D eigenvalue weighted by Gasteiger charge is -2.33. The summed E-state index contributed by atoms with van der Waals surface area (Å²) in [5, 5.41) is 3.40. The smallest absolute Gasteiger partial charge is 0.355 e. The van der Waals surface area contributed by atoms with Gasteiger partial charge in [0, 0.05) is 49.8 Å². The minimum atomic E-state index is -0.484. The van der Waals surface area contributed by atoms with E-state index in [-0.39, 0.29) is 11.5 Å². The van der Waals surface area contributed by atoms with Gasteiger partial charge in [-0.2, -0.15) is 4.98 Å². The van der Waals surface area contributed by atoms with Gasteiger partial charge in [-0.15, -0.1) is 0 Å². The Labute approximate surface area is 165 Å². The van der Waals surface area contributed by atoms with Gasteiger partial charge in [0.25, 0.3) is 0 Å². The minimum absolute atomic E-state index is 0.186. The third-order valence-corrected chi connectivity index (χ3v) is 5.16. The molecule has 0 spiro atoms. The molecule has 1 aliphatic rings. The molecule has 4 aromatic rings. The third kappa shape index (κ3) is 3.13. The van der Waals surface area contributed by atoms with Crippen LogP contribution in [-0.4, -0.2) is 49.4 Å². The van der Waals surface area contributed by atoms with Crippen molar-refractivity contribution >= 4 is 17.0 Å². The zero-order valence-electron chi connectivity index (χ0n) is 16.1. The summed E-state index contributed by atoms with van der Waals surface area (Å²) in [6.07, 6.45) is 5.17. The highest BCUT2D eigenvalue weighted by Gasteiger charge is 2.17. The molecule has 0 saturated carbocycles. The first-order valence-electron chi connectivity index (χ1n) is 9.52. The predicted octanol–water partition coefficient (Wildman–Crippen LogP) is 1.65. The number of aromatic nitrogens is 5. The molecule has 9 heteroatoms. The van der Waals surface area contributed by atoms with Gasteiger partial charge in [0.1, 0.15) is 5.65 Å². The van der Waals surface area contributed by atoms with E-state index in [4.69, 9.17) is 0 Å². The zero-order valence-corrected chi connectivity index (χ0v) is 16.1. The third-order valence-electron chi connectivity index (χ3n) is 5.16. The summed E-state index contributed by atoms with van der Waals surface area (Å²) < 4.78 is 17.4. The molecule has 148 valence electrons. The highest BCUT2D eigenvalue weighted by atomic mass is 19.1. The summed E-state index contributed by atoms with van der Waals surface area (Å²) in [6, 6.07) is 5.44. The Balaban J connectivity index is 1.58. The lowest BCUT2D eigenvalue weighted by molar-refractivity contribution is 0.484. The van der Waals surface area contributed by atoms with Gasteiger partial charge in [0.2, 0.25) is 0 Å². The quantitative estimate of drug-likeness (QED) is 0.558. The number of rotatable bonds is 2. The summed E-state index contributed by atoms with van der Waals surface area (Å²) in [5.74, 6) is -0.298. The first kappa shape index (κ1) is 17.7. The summed E-state index contributed by atoms with van der Waals surface area (Å²) in [4.78, 5) is 27.6. The Hall–Kier alpha value is -3.33. The molecule has 5 rings (SSSR count). The summed E-state index contributed by atoms with van der Waals surface area (Å²) >= 11 is 0. The van der Waals surface area contributed by atoms with Gasteiger partial charge in [0.05, 0.1) is 11.4 Å². The number of fused-ring (bicyclic) bond motifs is 2. The number of hydrogen-bond donors (Lipinski definition) is 1. The van der Waals surface area contributed by atoms with E-state index in [1.165, 1.54) is 10.5 Å². The van der Waals surface area contributed by atoms with Crippen LogP contribution in [0.1, 0.15) is 12.6 Å². The molecule has 0 radical (unpaired) electrons. The lowest BCUT2D eigenvalue weighted by atomic mass is 10.2. The van der Waals surface area contributed by atoms with Crippen molar-refractivity contribution in [2.24, 2.45) is 0 Å². The fourth-order valence-electron chi connectivity index (χ4n) is 3.79. The van der Waals surface area contributed by atoms with Gasteiger partial charge in [-0.3, -0.25) is 0 Å². The predicted molar refractivity (Wildman–Crippen MR) is 108 cm³/mol. The van der Waals surface area contributed by atoms with E-state index < -0.39 is 11.5 Å². The fourth-order valence-corrected chi connectivity index (χ4v) is 3.79. The Morgan fingerprint density at radius 1 is 1.17 bits per heavy atom. The molecule has 1 atom stereocenters. The number of nitrogens with one attached hydrogen (secondary N) is 1. The van der Waals surface area contributed by atoms with E-state index in [2.05, 4.69) is 32.1 Å². The van der Waals surface area contributed by atoms with E-state index in [1.807, 2.05) is 6.07 Å². The van der Waals surface area contributed by atoms with Crippen LogP contribution in [0.15, 0.2) is 41.6 Å². The van der Waals surface area contributed by atoms with Gasteiger partial charge in [0.15, 0.2) is 17.3 Å². The first-order chi connectivity index (χ1) is 14.0. The summed E-state index contributed by atoms with van der Waals surface area (Å²) in [7, 11) is 0. The van der Waals surface area contributed by atoms with Crippen molar-refractivity contribution in [2.75, 3.05) is 24.5 Å². The lowest BCUT2D eigenvalue weighted by Crippen LogP contribution is -2.49. The van der Waals surface area contributed by atoms with Crippen LogP contribution >= 0.6 is 0 Å². The molecule has 0 bridgehead atoms. The Kier molecular flexibility index (Phi) is 4.06. The monoisotopic (exact) mass is 393 g/mol. The number of aryl methyl sites for hydroxylation is 1. The second-order valence-electron chi connectivity index (χ2n) is 7.44. The van der Waals surface area contributed by atoms with Gasteiger partial charge in [-0.25, -0.2) is 23.6 Å². The van der Waals surface area contributed by atoms with E-state index >= 15 is 0 Å². The van der Waals surface area contributed by atoms with E-state index in [1.54, 1.807) is 36.0 Å². The largest absolute Gasteiger partial charge is 0.368 e. The maximum absolute atomic E-state index is 14.4. The van der Waals surface area contributed by atoms with E-state index in [0.29, 0.717) is 22.9 Å². The SMILES string of the molecule is Cc1cn2cc(-c3nc(=O)n4cc(N5CCN[C@H](C)C5)ccc4n3)cc(F)c2n1. The second kappa shape index (κ2) is 6.63. The van der Waals surface area contributed by atoms with Crippen molar-refractivity contribution in [2.45, 2.75) is 19.9 Å². The van der Waals surface area contributed by atoms with Gasteiger partial charge in [-0.05, 0) is 32.0 Å². The van der Waals surface area contributed by atoms with Crippen molar-refractivity contribution in [1.29, 1.82) is 0 Å². The van der Waals surface area contributed by atoms with Crippen molar-refractivity contribution in [1.82, 2.24) is 29.1 Å². The molecule has 0 aromatic carbocycles. The Bertz CT molecular complexity index is 1300. The van der Waals surface area contributed by atoms with Crippen LogP contribution in [0.2, 0.25) is 0 Å². The molecule has 4 aromatic heterocycles. The van der Waals surface area contributed by atoms with Gasteiger partial charge < -0.3 is 14.6 Å². The van der Waals surface area contributed by atoms with Crippen LogP contribution in [0.4, 0.5) is 10.1 Å². The average molecular weight is 393 g/mol. The molecule has 0 unspecified atom stereocenters. The maximum atomic E-state index is 14.4. The van der Waals surface area contributed by atoms with Crippen molar-refractivity contribution in [3.05, 3.63) is 58.8 Å². The van der Waals surface area contributed by atoms with Gasteiger partial charge in [-0.1, -0.05) is 0 Å². The normalized spacial score (nSPS) is 17.3. The fraction of sp³-hybridized carbons (Fsp3) is 0.300. The molecule has 1 N–H and O–H groups in total. The average Bonchev–Trinajstić information content (AvgIpc) is 3.08. The van der Waals surface area contributed by atoms with E-state index in [0.717, 1.165) is 25.3 Å². The topological polar surface area (TPSA) is 79.8 Å². The van der Waals surface area contributed by atoms with E-state index in [9.17, 15) is 9.18 Å². The molecule has 1 fully saturated rings. The first-order valence-corrected chi connectivity index (χ1v) is 9.52. The van der Waals surface area contributed by atoms with Crippen LogP contribution in [0.3, 0.4) is 0 Å². The molecule has 0 aliphatic carbocycles. The summed E-state index contributed by atoms with van der Waals surface area (Å²) in [6.45, 7) is 6.55. The van der Waals surface area contributed by atoms with Crippen LogP contribution in [0.25, 0.3) is 22.7 Å². The molecule has 0 amide bonds. The van der Waals surface area contributed by atoms with Crippen molar-refractivity contribution < 1.29 is 4.39 Å². The van der Waals surface area contributed by atoms with Gasteiger partial charge >= 0.3 is 5.69 Å². The van der Waals surface area contributed by atoms with Crippen LogP contribution in [0.5, 0.6) is 0 Å². The molecule has 5 heterocycles. The molecule has 29 heavy (non-hydrogen) atoms. The molecular weight excluding hydrogens is 373 g/mol. The Morgan fingerprint density at radius 2 is 2.03 bits per heavy atom. The number of pyridine rings is 2. The molecule has 1 aliphatic heterocycles. The van der Waals surface area contributed by atoms with Crippen LogP contribution in [0, 0.1) is 12.7 Å². The number of anilines is 1. The number of imidazole rings is 1. The number of piperazine rings is 1. The molecule has 1 saturated heterocycles. The number of halogens is 1. The summed E-state index contributed by atoms with van der Waals surface area (Å²) in [5.41, 5.74) is 2.33. The van der Waals surface area contributed by atoms with Crippen LogP contribution < -0.4 is 15.9 Å².